The second-order valence-electron chi connectivity index (χ2n) is 20.4. The molecule has 418 valence electrons. The molecule has 0 bridgehead atoms. The summed E-state index contributed by atoms with van der Waals surface area (Å²) in [4.78, 5) is 39.9. The summed E-state index contributed by atoms with van der Waals surface area (Å²) in [6.07, 6.45) is 70.6. The molecule has 0 aliphatic heterocycles. The number of carbonyl (C=O) groups is 2. The van der Waals surface area contributed by atoms with E-state index in [-0.39, 0.29) is 31.3 Å². The van der Waals surface area contributed by atoms with Crippen LogP contribution in [-0.4, -0.2) is 69.4 Å². The maximum absolute atomic E-state index is 13.5. The summed E-state index contributed by atoms with van der Waals surface area (Å²) < 4.78 is 30.2. The van der Waals surface area contributed by atoms with Crippen molar-refractivity contribution in [2.75, 3.05) is 40.9 Å². The summed E-state index contributed by atoms with van der Waals surface area (Å²) in [5.41, 5.74) is 0. The summed E-state index contributed by atoms with van der Waals surface area (Å²) in [6.45, 7) is 6.56. The number of allylic oxidation sites excluding steroid dienone is 17. The van der Waals surface area contributed by atoms with E-state index in [1.54, 1.807) is 0 Å². The van der Waals surface area contributed by atoms with Crippen LogP contribution in [0, 0.1) is 0 Å². The molecule has 0 aromatic carbocycles. The van der Waals surface area contributed by atoms with E-state index in [0.29, 0.717) is 23.9 Å². The van der Waals surface area contributed by atoms with Crippen molar-refractivity contribution in [2.24, 2.45) is 0 Å². The monoisotopic (exact) mass is 1040 g/mol. The molecule has 0 aliphatic carbocycles. The first-order valence-corrected chi connectivity index (χ1v) is 30.7. The lowest BCUT2D eigenvalue weighted by Gasteiger charge is -2.30. The van der Waals surface area contributed by atoms with Gasteiger partial charge in [0.25, 0.3) is 7.82 Å². The zero-order chi connectivity index (χ0) is 53.6. The third-order valence-electron chi connectivity index (χ3n) is 12.2. The van der Waals surface area contributed by atoms with Crippen LogP contribution in [0.3, 0.4) is 0 Å². The van der Waals surface area contributed by atoms with Crippen LogP contribution in [0.5, 0.6) is 0 Å². The molecule has 1 N–H and O–H groups in total. The van der Waals surface area contributed by atoms with Crippen LogP contribution in [0.25, 0.3) is 0 Å². The molecule has 3 atom stereocenters. The molecule has 0 rings (SSSR count). The topological polar surface area (TPSA) is 114 Å². The largest absolute Gasteiger partial charge is 0.756 e. The molecule has 0 fully saturated rings. The van der Waals surface area contributed by atoms with Gasteiger partial charge >= 0.3 is 5.97 Å². The summed E-state index contributed by atoms with van der Waals surface area (Å²) in [5.74, 6) is -0.610. The molecule has 10 heteroatoms. The van der Waals surface area contributed by atoms with Crippen molar-refractivity contribution in [3.8, 4) is 0 Å². The van der Waals surface area contributed by atoms with Crippen LogP contribution in [0.15, 0.2) is 109 Å². The standard InChI is InChI=1S/C63H109N2O7P/c1-7-10-13-16-19-22-25-28-30-31-32-33-34-35-36-37-40-43-46-49-52-55-62(66)64-60(59-71-73(68,69)70-58-57-65(4,5)6)61(54-51-48-45-42-39-27-24-21-18-15-12-9-3)72-63(67)56-53-50-47-44-41-38-29-26-23-20-17-14-11-8-2/h10-11,13-14,19-20,22-23,28,30,32-33,35-36,40,43,51,54,60-61H,7-9,12,15-18,21,24-27,29,31,34,37-39,41-42,44-50,52-53,55-59H2,1-6H3,(H-,64,66,68,69)/b13-10-,14-11+,22-19-,23-20+,30-28-,33-32-,36-35-,43-40-,54-51-. The highest BCUT2D eigenvalue weighted by atomic mass is 31.2. The lowest BCUT2D eigenvalue weighted by Crippen LogP contribution is -2.47. The fourth-order valence-corrected chi connectivity index (χ4v) is 8.46. The number of esters is 1. The lowest BCUT2D eigenvalue weighted by molar-refractivity contribution is -0.870. The number of phosphoric acid groups is 1. The zero-order valence-electron chi connectivity index (χ0n) is 47.5. The van der Waals surface area contributed by atoms with Gasteiger partial charge in [-0.25, -0.2) is 0 Å². The predicted molar refractivity (Wildman–Crippen MR) is 311 cm³/mol. The Hall–Kier alpha value is -3.33. The predicted octanol–water partition coefficient (Wildman–Crippen LogP) is 17.1. The van der Waals surface area contributed by atoms with E-state index >= 15 is 0 Å². The molecule has 0 saturated carbocycles. The van der Waals surface area contributed by atoms with Gasteiger partial charge in [0, 0.05) is 12.8 Å². The highest BCUT2D eigenvalue weighted by Crippen LogP contribution is 2.38. The first kappa shape index (κ1) is 69.7. The summed E-state index contributed by atoms with van der Waals surface area (Å²) in [7, 11) is 1.13. The molecule has 0 aromatic rings. The van der Waals surface area contributed by atoms with Gasteiger partial charge in [0.15, 0.2) is 0 Å². The van der Waals surface area contributed by atoms with E-state index in [1.165, 1.54) is 70.6 Å². The number of rotatable bonds is 51. The Kier molecular flexibility index (Phi) is 49.7. The first-order chi connectivity index (χ1) is 35.4. The maximum atomic E-state index is 13.5. The second kappa shape index (κ2) is 52.1. The summed E-state index contributed by atoms with van der Waals surface area (Å²) in [5, 5.41) is 2.99. The molecule has 0 saturated heterocycles. The number of hydrogen-bond acceptors (Lipinski definition) is 7. The summed E-state index contributed by atoms with van der Waals surface area (Å²) >= 11 is 0. The van der Waals surface area contributed by atoms with Gasteiger partial charge in [-0.1, -0.05) is 214 Å². The molecule has 0 spiro atoms. The minimum atomic E-state index is -4.72. The quantitative estimate of drug-likeness (QED) is 0.0212. The van der Waals surface area contributed by atoms with Gasteiger partial charge in [-0.15, -0.1) is 0 Å². The Bertz CT molecular complexity index is 1620. The molecule has 0 radical (unpaired) electrons. The van der Waals surface area contributed by atoms with Gasteiger partial charge in [0.2, 0.25) is 5.91 Å². The molecule has 0 aromatic heterocycles. The van der Waals surface area contributed by atoms with E-state index in [9.17, 15) is 19.0 Å². The minimum Gasteiger partial charge on any atom is -0.756 e. The van der Waals surface area contributed by atoms with Crippen molar-refractivity contribution < 1.29 is 37.3 Å². The number of nitrogens with one attached hydrogen (secondary N) is 1. The van der Waals surface area contributed by atoms with Crippen LogP contribution in [0.1, 0.15) is 226 Å². The fraction of sp³-hybridized carbons (Fsp3) is 0.683. The van der Waals surface area contributed by atoms with Gasteiger partial charge in [-0.05, 0) is 109 Å². The van der Waals surface area contributed by atoms with E-state index in [0.717, 1.165) is 109 Å². The average molecular weight is 1040 g/mol. The van der Waals surface area contributed by atoms with E-state index in [2.05, 4.69) is 123 Å². The van der Waals surface area contributed by atoms with Crippen molar-refractivity contribution in [2.45, 2.75) is 238 Å². The normalized spacial score (nSPS) is 14.6. The van der Waals surface area contributed by atoms with Crippen LogP contribution in [0.4, 0.5) is 0 Å². The smallest absolute Gasteiger partial charge is 0.306 e. The van der Waals surface area contributed by atoms with E-state index in [1.807, 2.05) is 33.3 Å². The number of carbonyl (C=O) groups excluding carboxylic acids is 2. The zero-order valence-corrected chi connectivity index (χ0v) is 48.4. The Morgan fingerprint density at radius 1 is 0.493 bits per heavy atom. The van der Waals surface area contributed by atoms with Gasteiger partial charge < -0.3 is 28.5 Å². The fourth-order valence-electron chi connectivity index (χ4n) is 7.74. The SMILES string of the molecule is CC/C=C\C/C=C\C/C=C\C/C=C\C/C=C\C/C=C\CCCCC(=O)NC(COP(=O)([O-])OCC[N+](C)(C)C)C(/C=C\CCCCCCCCCCCC)OC(=O)CCCCCCCCC/C=C/C/C=C/CC. The molecule has 9 nitrogen and oxygen atoms in total. The number of hydrogen-bond donors (Lipinski definition) is 1. The number of unbranched alkanes of at least 4 members (excludes halogenated alkanes) is 19. The molecule has 73 heavy (non-hydrogen) atoms. The van der Waals surface area contributed by atoms with Crippen LogP contribution < -0.4 is 10.2 Å². The minimum absolute atomic E-state index is 0.0379. The molecule has 0 aliphatic rings. The Balaban J connectivity index is 5.40. The van der Waals surface area contributed by atoms with Crippen molar-refractivity contribution in [3.05, 3.63) is 109 Å². The van der Waals surface area contributed by atoms with E-state index in [4.69, 9.17) is 13.8 Å². The van der Waals surface area contributed by atoms with Crippen molar-refractivity contribution in [1.82, 2.24) is 5.32 Å². The number of nitrogens with zero attached hydrogens (tertiary/aromatic N) is 1. The number of phosphoric ester groups is 1. The Morgan fingerprint density at radius 2 is 0.877 bits per heavy atom. The van der Waals surface area contributed by atoms with E-state index < -0.39 is 26.6 Å². The number of likely N-dealkylation sites (N-methyl/N-ethyl adjacent to an activating group) is 1. The van der Waals surface area contributed by atoms with Gasteiger partial charge in [0.1, 0.15) is 19.3 Å². The highest BCUT2D eigenvalue weighted by molar-refractivity contribution is 7.45. The van der Waals surface area contributed by atoms with Crippen molar-refractivity contribution >= 4 is 19.7 Å². The summed E-state index contributed by atoms with van der Waals surface area (Å²) in [6, 6.07) is -0.921. The highest BCUT2D eigenvalue weighted by Gasteiger charge is 2.27. The van der Waals surface area contributed by atoms with Crippen LogP contribution in [-0.2, 0) is 27.9 Å². The van der Waals surface area contributed by atoms with Gasteiger partial charge in [-0.2, -0.15) is 0 Å². The van der Waals surface area contributed by atoms with Gasteiger partial charge in [0.05, 0.1) is 33.8 Å². The molecule has 0 heterocycles. The Morgan fingerprint density at radius 3 is 1.33 bits per heavy atom. The van der Waals surface area contributed by atoms with Gasteiger partial charge in [-0.3, -0.25) is 14.2 Å². The Labute approximate surface area is 449 Å². The number of quaternary nitrogens is 1. The first-order valence-electron chi connectivity index (χ1n) is 29.2. The maximum Gasteiger partial charge on any atom is 0.306 e. The number of ether oxygens (including phenoxy) is 1. The third-order valence-corrected chi connectivity index (χ3v) is 13.2. The van der Waals surface area contributed by atoms with Crippen LogP contribution >= 0.6 is 7.82 Å². The number of amides is 1. The molecular weight excluding hydrogens is 928 g/mol. The molecule has 1 amide bonds. The second-order valence-corrected chi connectivity index (χ2v) is 21.8. The van der Waals surface area contributed by atoms with Crippen molar-refractivity contribution in [3.63, 3.8) is 0 Å². The van der Waals surface area contributed by atoms with Crippen LogP contribution in [0.2, 0.25) is 0 Å². The third kappa shape index (κ3) is 53.3. The average Bonchev–Trinajstić information content (AvgIpc) is 3.35. The molecular formula is C63H109N2O7P. The lowest BCUT2D eigenvalue weighted by atomic mass is 10.0. The van der Waals surface area contributed by atoms with Crippen molar-refractivity contribution in [1.29, 1.82) is 0 Å². The molecule has 3 unspecified atom stereocenters.